The average molecular weight is 247 g/mol. The molecule has 0 spiro atoms. The summed E-state index contributed by atoms with van der Waals surface area (Å²) in [7, 11) is 1.64. The van der Waals surface area contributed by atoms with E-state index in [0.717, 1.165) is 17.8 Å². The summed E-state index contributed by atoms with van der Waals surface area (Å²) in [6, 6.07) is 7.80. The Morgan fingerprint density at radius 2 is 2.28 bits per heavy atom. The Balaban J connectivity index is 2.18. The lowest BCUT2D eigenvalue weighted by Crippen LogP contribution is -2.35. The lowest BCUT2D eigenvalue weighted by Gasteiger charge is -2.31. The fraction of sp³-hybridized carbons (Fsp3) is 0.385. The number of fused-ring (bicyclic) bond motifs is 1. The zero-order valence-electron chi connectivity index (χ0n) is 10.4. The second-order valence-electron chi connectivity index (χ2n) is 4.22. The van der Waals surface area contributed by atoms with E-state index in [0.29, 0.717) is 25.1 Å². The fourth-order valence-corrected chi connectivity index (χ4v) is 2.19. The van der Waals surface area contributed by atoms with Gasteiger partial charge in [-0.1, -0.05) is 23.4 Å². The molecule has 18 heavy (non-hydrogen) atoms. The van der Waals surface area contributed by atoms with Crippen molar-refractivity contribution in [3.8, 4) is 0 Å². The van der Waals surface area contributed by atoms with Crippen molar-refractivity contribution in [3.05, 3.63) is 29.8 Å². The summed E-state index contributed by atoms with van der Waals surface area (Å²) in [5, 5.41) is 15.0. The van der Waals surface area contributed by atoms with Gasteiger partial charge in [-0.3, -0.25) is 4.79 Å². The molecule has 1 amide bonds. The van der Waals surface area contributed by atoms with Gasteiger partial charge in [0.25, 0.3) is 0 Å². The van der Waals surface area contributed by atoms with Gasteiger partial charge in [0.15, 0.2) is 0 Å². The van der Waals surface area contributed by atoms with Crippen LogP contribution in [0.2, 0.25) is 0 Å². The molecule has 2 N–H and O–H groups in total. The van der Waals surface area contributed by atoms with Crippen LogP contribution < -0.4 is 10.2 Å². The van der Waals surface area contributed by atoms with Crippen LogP contribution in [0.25, 0.3) is 0 Å². The summed E-state index contributed by atoms with van der Waals surface area (Å²) in [5.74, 6) is 0.0362. The van der Waals surface area contributed by atoms with E-state index < -0.39 is 0 Å². The van der Waals surface area contributed by atoms with E-state index in [1.165, 1.54) is 0 Å². The van der Waals surface area contributed by atoms with Gasteiger partial charge in [-0.15, -0.1) is 0 Å². The molecular weight excluding hydrogens is 230 g/mol. The van der Waals surface area contributed by atoms with E-state index in [-0.39, 0.29) is 5.91 Å². The number of carbonyl (C=O) groups is 1. The van der Waals surface area contributed by atoms with Crippen molar-refractivity contribution in [1.82, 2.24) is 5.32 Å². The van der Waals surface area contributed by atoms with Gasteiger partial charge in [0.05, 0.1) is 5.71 Å². The zero-order valence-corrected chi connectivity index (χ0v) is 10.4. The Morgan fingerprint density at radius 1 is 1.50 bits per heavy atom. The van der Waals surface area contributed by atoms with Gasteiger partial charge in [0.2, 0.25) is 5.91 Å². The summed E-state index contributed by atoms with van der Waals surface area (Å²) >= 11 is 0. The summed E-state index contributed by atoms with van der Waals surface area (Å²) < 4.78 is 0. The third-order valence-electron chi connectivity index (χ3n) is 3.18. The largest absolute Gasteiger partial charge is 0.411 e. The first-order valence-corrected chi connectivity index (χ1v) is 6.02. The second kappa shape index (κ2) is 5.53. The van der Waals surface area contributed by atoms with E-state index in [1.807, 2.05) is 24.3 Å². The van der Waals surface area contributed by atoms with E-state index >= 15 is 0 Å². The number of hydrogen-bond donors (Lipinski definition) is 2. The van der Waals surface area contributed by atoms with Crippen LogP contribution in [0, 0.1) is 0 Å². The van der Waals surface area contributed by atoms with Crippen molar-refractivity contribution < 1.29 is 10.0 Å². The van der Waals surface area contributed by atoms with E-state index in [1.54, 1.807) is 7.05 Å². The van der Waals surface area contributed by atoms with Crippen molar-refractivity contribution in [3.63, 3.8) is 0 Å². The van der Waals surface area contributed by atoms with Crippen LogP contribution in [0.1, 0.15) is 18.4 Å². The number of rotatable bonds is 3. The number of nitrogens with one attached hydrogen (secondary N) is 1. The third-order valence-corrected chi connectivity index (χ3v) is 3.18. The Kier molecular flexibility index (Phi) is 3.82. The average Bonchev–Trinajstić information content (AvgIpc) is 2.44. The predicted molar refractivity (Wildman–Crippen MR) is 70.3 cm³/mol. The molecule has 5 heteroatoms. The third kappa shape index (κ3) is 2.45. The summed E-state index contributed by atoms with van der Waals surface area (Å²) in [6.07, 6.45) is 1.16. The molecule has 96 valence electrons. The highest BCUT2D eigenvalue weighted by Crippen LogP contribution is 2.27. The van der Waals surface area contributed by atoms with Crippen LogP contribution in [-0.2, 0) is 4.79 Å². The molecule has 0 radical (unpaired) electrons. The van der Waals surface area contributed by atoms with E-state index in [2.05, 4.69) is 15.4 Å². The smallest absolute Gasteiger partial charge is 0.221 e. The molecule has 0 saturated carbocycles. The van der Waals surface area contributed by atoms with Crippen molar-refractivity contribution in [2.75, 3.05) is 25.0 Å². The number of oxime groups is 1. The SMILES string of the molecule is CNC(=O)CCN1CCC(=NO)c2ccccc21. The first-order chi connectivity index (χ1) is 8.76. The van der Waals surface area contributed by atoms with Crippen molar-refractivity contribution in [1.29, 1.82) is 0 Å². The first-order valence-electron chi connectivity index (χ1n) is 6.02. The van der Waals surface area contributed by atoms with Crippen LogP contribution in [-0.4, -0.2) is 37.0 Å². The van der Waals surface area contributed by atoms with Gasteiger partial charge in [0.1, 0.15) is 0 Å². The minimum absolute atomic E-state index is 0.0362. The monoisotopic (exact) mass is 247 g/mol. The molecule has 0 aliphatic carbocycles. The quantitative estimate of drug-likeness (QED) is 0.623. The van der Waals surface area contributed by atoms with Gasteiger partial charge in [0, 0.05) is 44.2 Å². The molecule has 1 aromatic carbocycles. The first kappa shape index (κ1) is 12.4. The highest BCUT2D eigenvalue weighted by Gasteiger charge is 2.21. The maximum atomic E-state index is 11.3. The van der Waals surface area contributed by atoms with Crippen LogP contribution in [0.3, 0.4) is 0 Å². The van der Waals surface area contributed by atoms with Gasteiger partial charge < -0.3 is 15.4 Å². The number of nitrogens with zero attached hydrogens (tertiary/aromatic N) is 2. The molecule has 1 aliphatic heterocycles. The number of anilines is 1. The number of benzene rings is 1. The molecular formula is C13H17N3O2. The molecule has 1 heterocycles. The van der Waals surface area contributed by atoms with Gasteiger partial charge >= 0.3 is 0 Å². The molecule has 0 bridgehead atoms. The highest BCUT2D eigenvalue weighted by atomic mass is 16.4. The summed E-state index contributed by atoms with van der Waals surface area (Å²) in [5.41, 5.74) is 2.69. The Bertz CT molecular complexity index is 471. The lowest BCUT2D eigenvalue weighted by molar-refractivity contribution is -0.120. The molecule has 1 aromatic rings. The maximum Gasteiger partial charge on any atom is 0.221 e. The standard InChI is InChI=1S/C13H17N3O2/c1-14-13(17)7-9-16-8-6-11(15-18)10-4-2-3-5-12(10)16/h2-5,18H,6-9H2,1H3,(H,14,17). The summed E-state index contributed by atoms with van der Waals surface area (Å²) in [6.45, 7) is 1.45. The lowest BCUT2D eigenvalue weighted by atomic mass is 9.99. The molecule has 0 fully saturated rings. The molecule has 2 rings (SSSR count). The minimum Gasteiger partial charge on any atom is -0.411 e. The number of para-hydroxylation sites is 1. The minimum atomic E-state index is 0.0362. The molecule has 0 atom stereocenters. The number of amides is 1. The van der Waals surface area contributed by atoms with Crippen LogP contribution in [0.4, 0.5) is 5.69 Å². The Morgan fingerprint density at radius 3 is 3.00 bits per heavy atom. The summed E-state index contributed by atoms with van der Waals surface area (Å²) in [4.78, 5) is 13.4. The van der Waals surface area contributed by atoms with Crippen LogP contribution >= 0.6 is 0 Å². The molecule has 1 aliphatic rings. The fourth-order valence-electron chi connectivity index (χ4n) is 2.19. The van der Waals surface area contributed by atoms with Crippen molar-refractivity contribution >= 4 is 17.3 Å². The van der Waals surface area contributed by atoms with Crippen LogP contribution in [0.5, 0.6) is 0 Å². The number of hydrogen-bond acceptors (Lipinski definition) is 4. The van der Waals surface area contributed by atoms with E-state index in [9.17, 15) is 4.79 Å². The zero-order chi connectivity index (χ0) is 13.0. The van der Waals surface area contributed by atoms with Crippen molar-refractivity contribution in [2.24, 2.45) is 5.16 Å². The maximum absolute atomic E-state index is 11.3. The number of carbonyl (C=O) groups excluding carboxylic acids is 1. The van der Waals surface area contributed by atoms with Gasteiger partial charge in [-0.25, -0.2) is 0 Å². The molecule has 0 saturated heterocycles. The van der Waals surface area contributed by atoms with Crippen LogP contribution in [0.15, 0.2) is 29.4 Å². The van der Waals surface area contributed by atoms with Gasteiger partial charge in [-0.05, 0) is 6.07 Å². The Hall–Kier alpha value is -2.04. The normalized spacial score (nSPS) is 16.5. The van der Waals surface area contributed by atoms with E-state index in [4.69, 9.17) is 5.21 Å². The van der Waals surface area contributed by atoms with Crippen molar-refractivity contribution in [2.45, 2.75) is 12.8 Å². The molecule has 5 nitrogen and oxygen atoms in total. The van der Waals surface area contributed by atoms with Gasteiger partial charge in [-0.2, -0.15) is 0 Å². The molecule has 0 aromatic heterocycles. The Labute approximate surface area is 106 Å². The topological polar surface area (TPSA) is 64.9 Å². The highest BCUT2D eigenvalue weighted by molar-refractivity contribution is 6.06. The molecule has 0 unspecified atom stereocenters. The predicted octanol–water partition coefficient (Wildman–Crippen LogP) is 1.21. The second-order valence-corrected chi connectivity index (χ2v) is 4.22.